The molecule has 1 unspecified atom stereocenters. The van der Waals surface area contributed by atoms with Gasteiger partial charge in [0.1, 0.15) is 11.6 Å². The highest BCUT2D eigenvalue weighted by molar-refractivity contribution is 9.10. The van der Waals surface area contributed by atoms with Crippen LogP contribution < -0.4 is 10.1 Å². The summed E-state index contributed by atoms with van der Waals surface area (Å²) in [5.74, 6) is 0.579. The molecular weight excluding hydrogens is 333 g/mol. The first-order chi connectivity index (χ1) is 10.2. The highest BCUT2D eigenvalue weighted by Gasteiger charge is 2.19. The first kappa shape index (κ1) is 16.0. The molecule has 0 aliphatic rings. The van der Waals surface area contributed by atoms with E-state index in [2.05, 4.69) is 28.2 Å². The van der Waals surface area contributed by atoms with Crippen LogP contribution in [0.2, 0.25) is 0 Å². The zero-order chi connectivity index (χ0) is 15.2. The summed E-state index contributed by atoms with van der Waals surface area (Å²) in [6.45, 7) is 2.74. The van der Waals surface area contributed by atoms with Crippen LogP contribution in [-0.4, -0.2) is 13.7 Å². The van der Waals surface area contributed by atoms with Gasteiger partial charge in [-0.3, -0.25) is 0 Å². The van der Waals surface area contributed by atoms with Gasteiger partial charge < -0.3 is 10.1 Å². The molecule has 0 aliphatic carbocycles. The van der Waals surface area contributed by atoms with E-state index in [9.17, 15) is 4.39 Å². The summed E-state index contributed by atoms with van der Waals surface area (Å²) >= 11 is 3.50. The molecule has 0 aromatic heterocycles. The number of ether oxygens (including phenoxy) is 1. The Morgan fingerprint density at radius 2 is 1.95 bits per heavy atom. The van der Waals surface area contributed by atoms with Crippen LogP contribution in [0.25, 0.3) is 0 Å². The van der Waals surface area contributed by atoms with Crippen LogP contribution in [0.1, 0.15) is 30.5 Å². The number of halogens is 2. The quantitative estimate of drug-likeness (QED) is 0.815. The van der Waals surface area contributed by atoms with Crippen LogP contribution in [-0.2, 0) is 0 Å². The fourth-order valence-corrected chi connectivity index (χ4v) is 2.75. The van der Waals surface area contributed by atoms with Crippen molar-refractivity contribution in [2.45, 2.75) is 19.4 Å². The highest BCUT2D eigenvalue weighted by Crippen LogP contribution is 2.34. The largest absolute Gasteiger partial charge is 0.493 e. The molecule has 4 heteroatoms. The summed E-state index contributed by atoms with van der Waals surface area (Å²) in [4.78, 5) is 0. The van der Waals surface area contributed by atoms with E-state index in [1.165, 1.54) is 6.07 Å². The Kier molecular flexibility index (Phi) is 5.76. The van der Waals surface area contributed by atoms with Crippen molar-refractivity contribution >= 4 is 15.9 Å². The lowest BCUT2D eigenvalue weighted by atomic mass is 9.98. The molecule has 1 N–H and O–H groups in total. The second kappa shape index (κ2) is 7.57. The summed E-state index contributed by atoms with van der Waals surface area (Å²) in [5, 5.41) is 3.24. The molecule has 1 atom stereocenters. The van der Waals surface area contributed by atoms with Gasteiger partial charge in [-0.25, -0.2) is 4.39 Å². The van der Waals surface area contributed by atoms with Crippen LogP contribution in [0, 0.1) is 5.82 Å². The third kappa shape index (κ3) is 3.83. The lowest BCUT2D eigenvalue weighted by Gasteiger charge is -2.21. The minimum atomic E-state index is -0.250. The van der Waals surface area contributed by atoms with Gasteiger partial charge >= 0.3 is 0 Å². The van der Waals surface area contributed by atoms with E-state index < -0.39 is 0 Å². The summed E-state index contributed by atoms with van der Waals surface area (Å²) in [5.41, 5.74) is 1.85. The summed E-state index contributed by atoms with van der Waals surface area (Å²) < 4.78 is 20.3. The predicted octanol–water partition coefficient (Wildman–Crippen LogP) is 4.69. The van der Waals surface area contributed by atoms with Crippen molar-refractivity contribution in [2.24, 2.45) is 0 Å². The Balaban J connectivity index is 2.44. The lowest BCUT2D eigenvalue weighted by Crippen LogP contribution is -2.19. The van der Waals surface area contributed by atoms with Crippen LogP contribution >= 0.6 is 15.9 Å². The Morgan fingerprint density at radius 3 is 2.67 bits per heavy atom. The van der Waals surface area contributed by atoms with Gasteiger partial charge in [0, 0.05) is 10.0 Å². The van der Waals surface area contributed by atoms with E-state index in [4.69, 9.17) is 4.74 Å². The average Bonchev–Trinajstić information content (AvgIpc) is 2.50. The lowest BCUT2D eigenvalue weighted by molar-refractivity contribution is 0.312. The molecule has 0 saturated carbocycles. The molecule has 2 aromatic rings. The van der Waals surface area contributed by atoms with Gasteiger partial charge in [-0.2, -0.15) is 0 Å². The average molecular weight is 352 g/mol. The van der Waals surface area contributed by atoms with Gasteiger partial charge in [0.05, 0.1) is 12.6 Å². The third-order valence-corrected chi connectivity index (χ3v) is 3.97. The van der Waals surface area contributed by atoms with E-state index >= 15 is 0 Å². The first-order valence-corrected chi connectivity index (χ1v) is 7.80. The Hall–Kier alpha value is -1.39. The van der Waals surface area contributed by atoms with Gasteiger partial charge in [-0.05, 0) is 43.3 Å². The van der Waals surface area contributed by atoms with Crippen molar-refractivity contribution in [1.82, 2.24) is 5.32 Å². The third-order valence-electron chi connectivity index (χ3n) is 3.25. The molecular formula is C17H19BrFNO. The fraction of sp³-hybridized carbons (Fsp3) is 0.294. The molecule has 0 fully saturated rings. The molecule has 0 spiro atoms. The van der Waals surface area contributed by atoms with Crippen LogP contribution in [0.15, 0.2) is 46.9 Å². The van der Waals surface area contributed by atoms with Crippen molar-refractivity contribution < 1.29 is 9.13 Å². The standard InChI is InChI=1S/C17H19BrFNO/c1-3-10-21-16-7-5-4-6-13(16)17(20-2)14-11-12(19)8-9-15(14)18/h4-9,11,17,20H,3,10H2,1-2H3. The van der Waals surface area contributed by atoms with E-state index in [0.29, 0.717) is 6.61 Å². The number of hydrogen-bond donors (Lipinski definition) is 1. The monoisotopic (exact) mass is 351 g/mol. The van der Waals surface area contributed by atoms with E-state index in [1.54, 1.807) is 12.1 Å². The summed E-state index contributed by atoms with van der Waals surface area (Å²) in [7, 11) is 1.86. The van der Waals surface area contributed by atoms with Crippen molar-refractivity contribution in [3.8, 4) is 5.75 Å². The van der Waals surface area contributed by atoms with E-state index in [0.717, 1.165) is 27.8 Å². The molecule has 2 nitrogen and oxygen atoms in total. The summed E-state index contributed by atoms with van der Waals surface area (Å²) in [6.07, 6.45) is 0.947. The van der Waals surface area contributed by atoms with Crippen LogP contribution in [0.5, 0.6) is 5.75 Å². The van der Waals surface area contributed by atoms with E-state index in [1.807, 2.05) is 31.3 Å². The van der Waals surface area contributed by atoms with Crippen LogP contribution in [0.3, 0.4) is 0 Å². The minimum Gasteiger partial charge on any atom is -0.493 e. The fourth-order valence-electron chi connectivity index (χ4n) is 2.28. The Bertz CT molecular complexity index is 603. The molecule has 2 aromatic carbocycles. The molecule has 2 rings (SSSR count). The van der Waals surface area contributed by atoms with Crippen LogP contribution in [0.4, 0.5) is 4.39 Å². The van der Waals surface area contributed by atoms with Gasteiger partial charge in [0.25, 0.3) is 0 Å². The number of nitrogens with one attached hydrogen (secondary N) is 1. The van der Waals surface area contributed by atoms with Gasteiger partial charge in [0.15, 0.2) is 0 Å². The Labute approximate surface area is 133 Å². The molecule has 0 heterocycles. The maximum Gasteiger partial charge on any atom is 0.124 e. The van der Waals surface area contributed by atoms with Crippen molar-refractivity contribution in [2.75, 3.05) is 13.7 Å². The van der Waals surface area contributed by atoms with Gasteiger partial charge in [-0.1, -0.05) is 41.1 Å². The molecule has 0 amide bonds. The van der Waals surface area contributed by atoms with Crippen molar-refractivity contribution in [3.63, 3.8) is 0 Å². The van der Waals surface area contributed by atoms with Crippen molar-refractivity contribution in [3.05, 3.63) is 63.9 Å². The maximum absolute atomic E-state index is 13.6. The maximum atomic E-state index is 13.6. The van der Waals surface area contributed by atoms with E-state index in [-0.39, 0.29) is 11.9 Å². The van der Waals surface area contributed by atoms with Crippen molar-refractivity contribution in [1.29, 1.82) is 0 Å². The number of benzene rings is 2. The zero-order valence-electron chi connectivity index (χ0n) is 12.2. The topological polar surface area (TPSA) is 21.3 Å². The summed E-state index contributed by atoms with van der Waals surface area (Å²) in [6, 6.07) is 12.4. The highest BCUT2D eigenvalue weighted by atomic mass is 79.9. The minimum absolute atomic E-state index is 0.136. The number of para-hydroxylation sites is 1. The molecule has 0 bridgehead atoms. The van der Waals surface area contributed by atoms with Gasteiger partial charge in [0.2, 0.25) is 0 Å². The number of hydrogen-bond acceptors (Lipinski definition) is 2. The molecule has 0 saturated heterocycles. The normalized spacial score (nSPS) is 12.2. The SMILES string of the molecule is CCCOc1ccccc1C(NC)c1cc(F)ccc1Br. The predicted molar refractivity (Wildman–Crippen MR) is 87.2 cm³/mol. The second-order valence-electron chi connectivity index (χ2n) is 4.77. The smallest absolute Gasteiger partial charge is 0.124 e. The Morgan fingerprint density at radius 1 is 1.19 bits per heavy atom. The molecule has 0 aliphatic heterocycles. The number of rotatable bonds is 6. The first-order valence-electron chi connectivity index (χ1n) is 7.01. The molecule has 112 valence electrons. The zero-order valence-corrected chi connectivity index (χ0v) is 13.8. The van der Waals surface area contributed by atoms with Gasteiger partial charge in [-0.15, -0.1) is 0 Å². The second-order valence-corrected chi connectivity index (χ2v) is 5.63. The molecule has 21 heavy (non-hydrogen) atoms. The molecule has 0 radical (unpaired) electrons.